The molecule has 0 aliphatic heterocycles. The molecule has 96 valence electrons. The first-order valence-corrected chi connectivity index (χ1v) is 5.99. The summed E-state index contributed by atoms with van der Waals surface area (Å²) in [6.45, 7) is 1.31. The van der Waals surface area contributed by atoms with Crippen LogP contribution in [0.4, 0.5) is 5.69 Å². The van der Waals surface area contributed by atoms with E-state index in [0.29, 0.717) is 10.8 Å². The van der Waals surface area contributed by atoms with Crippen LogP contribution in [0.3, 0.4) is 0 Å². The van der Waals surface area contributed by atoms with Crippen LogP contribution in [-0.2, 0) is 4.79 Å². The summed E-state index contributed by atoms with van der Waals surface area (Å²) in [6.07, 6.45) is 3.99. The normalized spacial score (nSPS) is 10.6. The average Bonchev–Trinajstić information content (AvgIpc) is 2.46. The maximum Gasteiger partial charge on any atom is 0.247 e. The molecule has 0 aliphatic carbocycles. The van der Waals surface area contributed by atoms with Gasteiger partial charge in [-0.2, -0.15) is 5.06 Å². The van der Waals surface area contributed by atoms with Crippen molar-refractivity contribution < 1.29 is 10.0 Å². The molecule has 3 nitrogen and oxygen atoms in total. The Balaban J connectivity index is 2.11. The van der Waals surface area contributed by atoms with Gasteiger partial charge in [-0.15, -0.1) is 0 Å². The van der Waals surface area contributed by atoms with Gasteiger partial charge < -0.3 is 0 Å². The number of hydrogen-bond donors (Lipinski definition) is 1. The lowest BCUT2D eigenvalue weighted by molar-refractivity contribution is -0.121. The zero-order valence-corrected chi connectivity index (χ0v) is 10.7. The first-order chi connectivity index (χ1) is 9.16. The van der Waals surface area contributed by atoms with Crippen LogP contribution in [0.5, 0.6) is 0 Å². The largest absolute Gasteiger partial charge is 0.281 e. The quantitative estimate of drug-likeness (QED) is 0.516. The van der Waals surface area contributed by atoms with E-state index in [1.807, 2.05) is 54.6 Å². The van der Waals surface area contributed by atoms with Crippen molar-refractivity contribution in [3.63, 3.8) is 0 Å². The van der Waals surface area contributed by atoms with Crippen molar-refractivity contribution in [2.75, 3.05) is 5.06 Å². The Bertz CT molecular complexity index is 573. The maximum atomic E-state index is 11.0. The molecule has 0 atom stereocenters. The lowest BCUT2D eigenvalue weighted by Gasteiger charge is -2.12. The molecule has 0 saturated heterocycles. The summed E-state index contributed by atoms with van der Waals surface area (Å²) in [5, 5.41) is 10.1. The van der Waals surface area contributed by atoms with E-state index in [1.165, 1.54) is 6.92 Å². The molecular weight excluding hydrogens is 238 g/mol. The number of hydrogen-bond acceptors (Lipinski definition) is 2. The van der Waals surface area contributed by atoms with Crippen LogP contribution in [0.15, 0.2) is 54.6 Å². The van der Waals surface area contributed by atoms with E-state index < -0.39 is 5.91 Å². The zero-order chi connectivity index (χ0) is 13.7. The molecule has 2 rings (SSSR count). The van der Waals surface area contributed by atoms with E-state index in [4.69, 9.17) is 0 Å². The number of amides is 1. The fraction of sp³-hybridized carbons (Fsp3) is 0.0625. The van der Waals surface area contributed by atoms with Gasteiger partial charge in [0.25, 0.3) is 0 Å². The van der Waals surface area contributed by atoms with Gasteiger partial charge in [-0.05, 0) is 23.3 Å². The Morgan fingerprint density at radius 1 is 0.947 bits per heavy atom. The number of anilines is 1. The van der Waals surface area contributed by atoms with Crippen molar-refractivity contribution in [3.8, 4) is 0 Å². The minimum Gasteiger partial charge on any atom is -0.281 e. The molecule has 1 amide bonds. The van der Waals surface area contributed by atoms with Crippen LogP contribution in [0.1, 0.15) is 18.1 Å². The molecule has 0 spiro atoms. The third kappa shape index (κ3) is 3.53. The molecule has 3 heteroatoms. The monoisotopic (exact) mass is 253 g/mol. The predicted octanol–water partition coefficient (Wildman–Crippen LogP) is 3.60. The second-order valence-electron chi connectivity index (χ2n) is 4.17. The lowest BCUT2D eigenvalue weighted by Crippen LogP contribution is -2.23. The Labute approximate surface area is 112 Å². The highest BCUT2D eigenvalue weighted by atomic mass is 16.5. The van der Waals surface area contributed by atoms with Crippen LogP contribution in [-0.4, -0.2) is 11.1 Å². The number of nitrogens with zero attached hydrogens (tertiary/aromatic N) is 1. The van der Waals surface area contributed by atoms with Crippen LogP contribution < -0.4 is 5.06 Å². The second-order valence-corrected chi connectivity index (χ2v) is 4.17. The van der Waals surface area contributed by atoms with E-state index in [1.54, 1.807) is 12.1 Å². The SMILES string of the molecule is CC(=O)N(O)c1ccc(/C=C\c2ccccc2)cc1. The van der Waals surface area contributed by atoms with Crippen molar-refractivity contribution in [1.29, 1.82) is 0 Å². The van der Waals surface area contributed by atoms with Crippen LogP contribution in [0, 0.1) is 0 Å². The molecule has 0 radical (unpaired) electrons. The van der Waals surface area contributed by atoms with Crippen molar-refractivity contribution in [3.05, 3.63) is 65.7 Å². The Morgan fingerprint density at radius 3 is 2.00 bits per heavy atom. The molecule has 0 bridgehead atoms. The summed E-state index contributed by atoms with van der Waals surface area (Å²) in [5.74, 6) is -0.410. The summed E-state index contributed by atoms with van der Waals surface area (Å²) in [6, 6.07) is 17.1. The van der Waals surface area contributed by atoms with E-state index in [0.717, 1.165) is 11.1 Å². The summed E-state index contributed by atoms with van der Waals surface area (Å²) < 4.78 is 0. The van der Waals surface area contributed by atoms with Crippen molar-refractivity contribution >= 4 is 23.7 Å². The molecule has 0 saturated carbocycles. The van der Waals surface area contributed by atoms with E-state index in [9.17, 15) is 10.0 Å². The molecule has 2 aromatic carbocycles. The molecule has 0 fully saturated rings. The standard InChI is InChI=1S/C16H15NO2/c1-13(18)17(19)16-11-9-15(10-12-16)8-7-14-5-3-2-4-6-14/h2-12,19H,1H3/b8-7-. The van der Waals surface area contributed by atoms with Crippen LogP contribution >= 0.6 is 0 Å². The summed E-state index contributed by atoms with van der Waals surface area (Å²) in [7, 11) is 0. The highest BCUT2D eigenvalue weighted by Gasteiger charge is 2.06. The number of hydroxylamine groups is 1. The van der Waals surface area contributed by atoms with E-state index in [2.05, 4.69) is 0 Å². The van der Waals surface area contributed by atoms with Gasteiger partial charge >= 0.3 is 0 Å². The van der Waals surface area contributed by atoms with E-state index >= 15 is 0 Å². The molecule has 0 aromatic heterocycles. The molecule has 0 unspecified atom stereocenters. The fourth-order valence-electron chi connectivity index (χ4n) is 1.67. The van der Waals surface area contributed by atoms with Gasteiger partial charge in [0.05, 0.1) is 5.69 Å². The van der Waals surface area contributed by atoms with Gasteiger partial charge in [0.15, 0.2) is 0 Å². The number of carbonyl (C=O) groups excluding carboxylic acids is 1. The average molecular weight is 253 g/mol. The molecule has 0 aliphatic rings. The molecule has 2 aromatic rings. The predicted molar refractivity (Wildman–Crippen MR) is 76.8 cm³/mol. The number of benzene rings is 2. The second kappa shape index (κ2) is 5.98. The smallest absolute Gasteiger partial charge is 0.247 e. The minimum absolute atomic E-state index is 0.410. The molecular formula is C16H15NO2. The van der Waals surface area contributed by atoms with Gasteiger partial charge in [-0.25, -0.2) is 0 Å². The first-order valence-electron chi connectivity index (χ1n) is 5.99. The van der Waals surface area contributed by atoms with Gasteiger partial charge in [0, 0.05) is 6.92 Å². The summed E-state index contributed by atoms with van der Waals surface area (Å²) in [5.41, 5.74) is 2.59. The lowest BCUT2D eigenvalue weighted by atomic mass is 10.1. The van der Waals surface area contributed by atoms with Gasteiger partial charge in [-0.3, -0.25) is 10.0 Å². The van der Waals surface area contributed by atoms with Gasteiger partial charge in [0.1, 0.15) is 0 Å². The summed E-state index contributed by atoms with van der Waals surface area (Å²) >= 11 is 0. The van der Waals surface area contributed by atoms with Crippen molar-refractivity contribution in [2.24, 2.45) is 0 Å². The first kappa shape index (κ1) is 13.1. The minimum atomic E-state index is -0.410. The summed E-state index contributed by atoms with van der Waals surface area (Å²) in [4.78, 5) is 11.0. The molecule has 19 heavy (non-hydrogen) atoms. The van der Waals surface area contributed by atoms with Gasteiger partial charge in [-0.1, -0.05) is 54.6 Å². The van der Waals surface area contributed by atoms with Crippen LogP contribution in [0.2, 0.25) is 0 Å². The Morgan fingerprint density at radius 2 is 1.47 bits per heavy atom. The topological polar surface area (TPSA) is 40.5 Å². The van der Waals surface area contributed by atoms with Crippen molar-refractivity contribution in [1.82, 2.24) is 0 Å². The molecule has 0 heterocycles. The van der Waals surface area contributed by atoms with E-state index in [-0.39, 0.29) is 0 Å². The molecule has 1 N–H and O–H groups in total. The third-order valence-electron chi connectivity index (χ3n) is 2.70. The van der Waals surface area contributed by atoms with Crippen LogP contribution in [0.25, 0.3) is 12.2 Å². The fourth-order valence-corrected chi connectivity index (χ4v) is 1.67. The Kier molecular flexibility index (Phi) is 4.11. The number of rotatable bonds is 3. The maximum absolute atomic E-state index is 11.0. The highest BCUT2D eigenvalue weighted by Crippen LogP contribution is 2.15. The van der Waals surface area contributed by atoms with Gasteiger partial charge in [0.2, 0.25) is 5.91 Å². The van der Waals surface area contributed by atoms with Crippen molar-refractivity contribution in [2.45, 2.75) is 6.92 Å². The highest BCUT2D eigenvalue weighted by molar-refractivity contribution is 5.89. The third-order valence-corrected chi connectivity index (χ3v) is 2.70. The Hall–Kier alpha value is -2.39. The zero-order valence-electron chi connectivity index (χ0n) is 10.7. The number of carbonyl (C=O) groups is 1.